The lowest BCUT2D eigenvalue weighted by Crippen LogP contribution is -2.09. The number of aryl methyl sites for hydroxylation is 1. The molecule has 0 bridgehead atoms. The first-order valence-electron chi connectivity index (χ1n) is 6.22. The fourth-order valence-electron chi connectivity index (χ4n) is 1.83. The van der Waals surface area contributed by atoms with Crippen LogP contribution in [0.2, 0.25) is 10.0 Å². The van der Waals surface area contributed by atoms with Gasteiger partial charge in [0, 0.05) is 12.6 Å². The van der Waals surface area contributed by atoms with Crippen LogP contribution in [0.4, 0.5) is 13.2 Å². The van der Waals surface area contributed by atoms with Gasteiger partial charge in [-0.15, -0.1) is 0 Å². The molecule has 0 unspecified atom stereocenters. The first-order valence-corrected chi connectivity index (χ1v) is 6.97. The van der Waals surface area contributed by atoms with Crippen molar-refractivity contribution >= 4 is 29.2 Å². The minimum absolute atomic E-state index is 0.131. The van der Waals surface area contributed by atoms with Crippen molar-refractivity contribution in [2.45, 2.75) is 6.61 Å². The number of hydrogen-bond acceptors (Lipinski definition) is 4. The number of aromatic nitrogens is 2. The van der Waals surface area contributed by atoms with Crippen LogP contribution in [0.3, 0.4) is 0 Å². The summed E-state index contributed by atoms with van der Waals surface area (Å²) in [6, 6.07) is 1.94. The van der Waals surface area contributed by atoms with E-state index in [0.29, 0.717) is 0 Å². The minimum Gasteiger partial charge on any atom is -0.480 e. The quantitative estimate of drug-likeness (QED) is 0.823. The summed E-state index contributed by atoms with van der Waals surface area (Å²) in [7, 11) is 1.28. The van der Waals surface area contributed by atoms with Gasteiger partial charge >= 0.3 is 12.6 Å². The number of halogens is 5. The zero-order valence-corrected chi connectivity index (χ0v) is 13.4. The van der Waals surface area contributed by atoms with Gasteiger partial charge < -0.3 is 14.6 Å². The first-order chi connectivity index (χ1) is 11.2. The highest BCUT2D eigenvalue weighted by atomic mass is 35.5. The van der Waals surface area contributed by atoms with Gasteiger partial charge in [-0.1, -0.05) is 23.2 Å². The fraction of sp³-hybridized carbons (Fsp3) is 0.231. The van der Waals surface area contributed by atoms with E-state index in [2.05, 4.69) is 9.84 Å². The van der Waals surface area contributed by atoms with E-state index in [4.69, 9.17) is 33.0 Å². The molecule has 0 amide bonds. The number of ether oxygens (including phenoxy) is 2. The lowest BCUT2D eigenvalue weighted by molar-refractivity contribution is -0.139. The van der Waals surface area contributed by atoms with Crippen LogP contribution in [-0.4, -0.2) is 34.1 Å². The molecule has 0 aliphatic heterocycles. The van der Waals surface area contributed by atoms with Gasteiger partial charge in [-0.3, -0.25) is 0 Å². The Kier molecular flexibility index (Phi) is 5.45. The Morgan fingerprint density at radius 3 is 2.67 bits per heavy atom. The summed E-state index contributed by atoms with van der Waals surface area (Å²) in [5.41, 5.74) is -0.409. The van der Waals surface area contributed by atoms with Crippen LogP contribution in [0.15, 0.2) is 12.1 Å². The third kappa shape index (κ3) is 3.85. The van der Waals surface area contributed by atoms with Crippen molar-refractivity contribution in [2.24, 2.45) is 7.05 Å². The first kappa shape index (κ1) is 18.2. The fourth-order valence-corrected chi connectivity index (χ4v) is 2.34. The van der Waals surface area contributed by atoms with E-state index in [9.17, 15) is 18.0 Å². The van der Waals surface area contributed by atoms with Crippen LogP contribution in [0.25, 0.3) is 11.3 Å². The molecule has 1 aromatic heterocycles. The topological polar surface area (TPSA) is 73.6 Å². The number of hydrogen-bond donors (Lipinski definition) is 1. The number of carboxylic acid groups (broad SMARTS) is 1. The predicted octanol–water partition coefficient (Wildman–Crippen LogP) is 3.60. The monoisotopic (exact) mass is 384 g/mol. The van der Waals surface area contributed by atoms with Gasteiger partial charge in [0.15, 0.2) is 6.61 Å². The molecule has 1 aromatic carbocycles. The van der Waals surface area contributed by atoms with Crippen molar-refractivity contribution in [2.75, 3.05) is 6.61 Å². The number of nitrogens with zero attached hydrogens (tertiary/aromatic N) is 2. The smallest absolute Gasteiger partial charge is 0.388 e. The third-order valence-electron chi connectivity index (χ3n) is 2.77. The molecule has 2 rings (SSSR count). The van der Waals surface area contributed by atoms with Crippen molar-refractivity contribution < 1.29 is 32.5 Å². The summed E-state index contributed by atoms with van der Waals surface area (Å²) in [4.78, 5) is 10.5. The number of carboxylic acids is 1. The van der Waals surface area contributed by atoms with E-state index in [1.807, 2.05) is 0 Å². The van der Waals surface area contributed by atoms with Crippen molar-refractivity contribution in [1.82, 2.24) is 9.78 Å². The Bertz CT molecular complexity index is 783. The molecule has 0 aliphatic carbocycles. The van der Waals surface area contributed by atoms with Crippen molar-refractivity contribution in [3.8, 4) is 22.9 Å². The van der Waals surface area contributed by atoms with Crippen molar-refractivity contribution in [3.63, 3.8) is 0 Å². The zero-order chi connectivity index (χ0) is 18.0. The van der Waals surface area contributed by atoms with Crippen LogP contribution in [0.5, 0.6) is 11.6 Å². The van der Waals surface area contributed by atoms with Crippen LogP contribution in [0, 0.1) is 5.82 Å². The lowest BCUT2D eigenvalue weighted by atomic mass is 10.1. The molecular formula is C13H9Cl2F3N2O4. The van der Waals surface area contributed by atoms with Gasteiger partial charge in [-0.05, 0) is 12.1 Å². The summed E-state index contributed by atoms with van der Waals surface area (Å²) in [6.45, 7) is -3.85. The van der Waals surface area contributed by atoms with Gasteiger partial charge in [0.25, 0.3) is 0 Å². The SMILES string of the molecule is Cn1nc(-c2cc(OCC(=O)O)c(Cl)cc2F)c(Cl)c1OC(F)F. The molecule has 1 heterocycles. The van der Waals surface area contributed by atoms with E-state index in [-0.39, 0.29) is 27.1 Å². The molecular weight excluding hydrogens is 376 g/mol. The van der Waals surface area contributed by atoms with Gasteiger partial charge in [-0.25, -0.2) is 13.9 Å². The second-order valence-corrected chi connectivity index (χ2v) is 5.20. The van der Waals surface area contributed by atoms with E-state index in [1.54, 1.807) is 0 Å². The second kappa shape index (κ2) is 7.18. The average Bonchev–Trinajstić information content (AvgIpc) is 2.74. The van der Waals surface area contributed by atoms with Crippen molar-refractivity contribution in [1.29, 1.82) is 0 Å². The van der Waals surface area contributed by atoms with Gasteiger partial charge in [0.1, 0.15) is 22.3 Å². The summed E-state index contributed by atoms with van der Waals surface area (Å²) in [6.07, 6.45) is 0. The van der Waals surface area contributed by atoms with E-state index in [0.717, 1.165) is 16.8 Å². The molecule has 0 saturated carbocycles. The molecule has 0 aliphatic rings. The molecule has 24 heavy (non-hydrogen) atoms. The average molecular weight is 385 g/mol. The van der Waals surface area contributed by atoms with Crippen LogP contribution >= 0.6 is 23.2 Å². The van der Waals surface area contributed by atoms with Crippen LogP contribution in [-0.2, 0) is 11.8 Å². The molecule has 0 radical (unpaired) electrons. The summed E-state index contributed by atoms with van der Waals surface area (Å²) in [5, 5.41) is 11.9. The predicted molar refractivity (Wildman–Crippen MR) is 78.4 cm³/mol. The van der Waals surface area contributed by atoms with Crippen LogP contribution < -0.4 is 9.47 Å². The lowest BCUT2D eigenvalue weighted by Gasteiger charge is -2.08. The number of rotatable bonds is 6. The summed E-state index contributed by atoms with van der Waals surface area (Å²) < 4.78 is 49.0. The number of carbonyl (C=O) groups is 1. The number of alkyl halides is 2. The van der Waals surface area contributed by atoms with E-state index in [1.165, 1.54) is 7.05 Å². The van der Waals surface area contributed by atoms with E-state index >= 15 is 0 Å². The van der Waals surface area contributed by atoms with E-state index < -0.39 is 30.9 Å². The Balaban J connectivity index is 2.48. The molecule has 0 spiro atoms. The molecule has 6 nitrogen and oxygen atoms in total. The Labute approximate surface area is 143 Å². The van der Waals surface area contributed by atoms with Gasteiger partial charge in [0.05, 0.1) is 5.02 Å². The van der Waals surface area contributed by atoms with Crippen molar-refractivity contribution in [3.05, 3.63) is 28.0 Å². The Morgan fingerprint density at radius 1 is 1.42 bits per heavy atom. The maximum absolute atomic E-state index is 14.1. The largest absolute Gasteiger partial charge is 0.480 e. The molecule has 1 N–H and O–H groups in total. The minimum atomic E-state index is -3.14. The zero-order valence-electron chi connectivity index (χ0n) is 11.9. The molecule has 11 heteroatoms. The number of benzene rings is 1. The highest BCUT2D eigenvalue weighted by Crippen LogP contribution is 2.39. The summed E-state index contributed by atoms with van der Waals surface area (Å²) in [5.74, 6) is -2.70. The second-order valence-electron chi connectivity index (χ2n) is 4.41. The summed E-state index contributed by atoms with van der Waals surface area (Å²) >= 11 is 11.7. The third-order valence-corrected chi connectivity index (χ3v) is 3.40. The molecule has 2 aromatic rings. The standard InChI is InChI=1S/C13H9Cl2F3N2O4/c1-20-12(24-13(17)18)10(15)11(19-20)5-2-8(23-4-9(21)22)6(14)3-7(5)16/h2-3,13H,4H2,1H3,(H,21,22). The molecule has 130 valence electrons. The maximum Gasteiger partial charge on any atom is 0.388 e. The molecule has 0 atom stereocenters. The highest BCUT2D eigenvalue weighted by molar-refractivity contribution is 6.34. The number of aliphatic carboxylic acids is 1. The Hall–Kier alpha value is -2.13. The Morgan fingerprint density at radius 2 is 2.08 bits per heavy atom. The molecule has 0 fully saturated rings. The molecule has 0 saturated heterocycles. The normalized spacial score (nSPS) is 11.0. The van der Waals surface area contributed by atoms with Gasteiger partial charge in [-0.2, -0.15) is 13.9 Å². The maximum atomic E-state index is 14.1. The highest BCUT2D eigenvalue weighted by Gasteiger charge is 2.23. The van der Waals surface area contributed by atoms with Crippen LogP contribution in [0.1, 0.15) is 0 Å². The van der Waals surface area contributed by atoms with Gasteiger partial charge in [0.2, 0.25) is 5.88 Å².